The SMILES string of the molecule is CCCc1c(CC)nn(-c2ccccc2C)c1O. The van der Waals surface area contributed by atoms with E-state index in [-0.39, 0.29) is 0 Å². The Labute approximate surface area is 108 Å². The zero-order chi connectivity index (χ0) is 13.1. The monoisotopic (exact) mass is 244 g/mol. The molecular weight excluding hydrogens is 224 g/mol. The van der Waals surface area contributed by atoms with E-state index in [1.807, 2.05) is 31.2 Å². The summed E-state index contributed by atoms with van der Waals surface area (Å²) >= 11 is 0. The summed E-state index contributed by atoms with van der Waals surface area (Å²) in [6, 6.07) is 7.97. The third-order valence-electron chi connectivity index (χ3n) is 3.22. The van der Waals surface area contributed by atoms with Gasteiger partial charge in [-0.15, -0.1) is 0 Å². The van der Waals surface area contributed by atoms with Crippen molar-refractivity contribution in [2.45, 2.75) is 40.0 Å². The van der Waals surface area contributed by atoms with Crippen LogP contribution in [0.5, 0.6) is 5.88 Å². The maximum absolute atomic E-state index is 10.4. The summed E-state index contributed by atoms with van der Waals surface area (Å²) in [5.74, 6) is 0.294. The summed E-state index contributed by atoms with van der Waals surface area (Å²) in [4.78, 5) is 0. The van der Waals surface area contributed by atoms with Crippen molar-refractivity contribution in [3.8, 4) is 11.6 Å². The largest absolute Gasteiger partial charge is 0.493 e. The van der Waals surface area contributed by atoms with Gasteiger partial charge in [-0.3, -0.25) is 0 Å². The van der Waals surface area contributed by atoms with Crippen molar-refractivity contribution in [2.24, 2.45) is 0 Å². The molecule has 96 valence electrons. The molecule has 0 atom stereocenters. The third kappa shape index (κ3) is 2.13. The van der Waals surface area contributed by atoms with Crippen LogP contribution in [0.25, 0.3) is 5.69 Å². The Morgan fingerprint density at radius 3 is 2.56 bits per heavy atom. The molecule has 2 rings (SSSR count). The van der Waals surface area contributed by atoms with Crippen molar-refractivity contribution >= 4 is 0 Å². The molecule has 1 N–H and O–H groups in total. The van der Waals surface area contributed by atoms with Gasteiger partial charge in [0.05, 0.1) is 11.4 Å². The van der Waals surface area contributed by atoms with Gasteiger partial charge in [0.2, 0.25) is 5.88 Å². The summed E-state index contributed by atoms with van der Waals surface area (Å²) in [6.07, 6.45) is 2.74. The van der Waals surface area contributed by atoms with Crippen LogP contribution in [0.4, 0.5) is 0 Å². The predicted molar refractivity (Wildman–Crippen MR) is 73.3 cm³/mol. The second-order valence-corrected chi connectivity index (χ2v) is 4.55. The molecule has 1 aromatic heterocycles. The second-order valence-electron chi connectivity index (χ2n) is 4.55. The minimum atomic E-state index is 0.294. The average Bonchev–Trinajstić information content (AvgIpc) is 2.68. The molecule has 1 aromatic carbocycles. The predicted octanol–water partition coefficient (Wildman–Crippen LogP) is 3.40. The highest BCUT2D eigenvalue weighted by atomic mass is 16.3. The van der Waals surface area contributed by atoms with E-state index in [2.05, 4.69) is 18.9 Å². The van der Waals surface area contributed by atoms with Crippen LogP contribution >= 0.6 is 0 Å². The smallest absolute Gasteiger partial charge is 0.217 e. The Morgan fingerprint density at radius 1 is 1.22 bits per heavy atom. The molecule has 0 aliphatic rings. The van der Waals surface area contributed by atoms with Crippen LogP contribution < -0.4 is 0 Å². The summed E-state index contributed by atoms with van der Waals surface area (Å²) in [5, 5.41) is 14.9. The average molecular weight is 244 g/mol. The third-order valence-corrected chi connectivity index (χ3v) is 3.22. The van der Waals surface area contributed by atoms with Gasteiger partial charge in [0, 0.05) is 5.56 Å². The fraction of sp³-hybridized carbons (Fsp3) is 0.400. The molecule has 3 nitrogen and oxygen atoms in total. The molecule has 0 amide bonds. The maximum Gasteiger partial charge on any atom is 0.217 e. The summed E-state index contributed by atoms with van der Waals surface area (Å²) in [5.41, 5.74) is 4.05. The fourth-order valence-electron chi connectivity index (χ4n) is 2.24. The molecule has 0 unspecified atom stereocenters. The molecule has 0 aliphatic heterocycles. The van der Waals surface area contributed by atoms with Crippen molar-refractivity contribution in [3.63, 3.8) is 0 Å². The van der Waals surface area contributed by atoms with Crippen LogP contribution in [0.1, 0.15) is 37.1 Å². The number of rotatable bonds is 4. The first-order valence-electron chi connectivity index (χ1n) is 6.54. The van der Waals surface area contributed by atoms with Crippen molar-refractivity contribution in [1.82, 2.24) is 9.78 Å². The molecule has 3 heteroatoms. The van der Waals surface area contributed by atoms with Gasteiger partial charge in [-0.05, 0) is 31.4 Å². The molecule has 0 spiro atoms. The highest BCUT2D eigenvalue weighted by Crippen LogP contribution is 2.27. The Bertz CT molecular complexity index is 543. The van der Waals surface area contributed by atoms with Crippen LogP contribution in [-0.2, 0) is 12.8 Å². The molecule has 18 heavy (non-hydrogen) atoms. The van der Waals surface area contributed by atoms with Gasteiger partial charge in [0.15, 0.2) is 0 Å². The lowest BCUT2D eigenvalue weighted by Crippen LogP contribution is -1.99. The van der Waals surface area contributed by atoms with Crippen LogP contribution in [-0.4, -0.2) is 14.9 Å². The molecule has 2 aromatic rings. The minimum absolute atomic E-state index is 0.294. The number of benzene rings is 1. The highest BCUT2D eigenvalue weighted by Gasteiger charge is 2.16. The molecule has 0 aliphatic carbocycles. The summed E-state index contributed by atoms with van der Waals surface area (Å²) in [6.45, 7) is 6.22. The first-order valence-corrected chi connectivity index (χ1v) is 6.54. The number of aromatic nitrogens is 2. The first kappa shape index (κ1) is 12.7. The topological polar surface area (TPSA) is 38.0 Å². The lowest BCUT2D eigenvalue weighted by atomic mass is 10.1. The maximum atomic E-state index is 10.4. The van der Waals surface area contributed by atoms with E-state index in [1.54, 1.807) is 4.68 Å². The van der Waals surface area contributed by atoms with Gasteiger partial charge in [0.1, 0.15) is 0 Å². The van der Waals surface area contributed by atoms with Gasteiger partial charge in [-0.25, -0.2) is 4.68 Å². The van der Waals surface area contributed by atoms with Gasteiger partial charge in [-0.1, -0.05) is 38.5 Å². The quantitative estimate of drug-likeness (QED) is 0.895. The van der Waals surface area contributed by atoms with Crippen LogP contribution in [0.15, 0.2) is 24.3 Å². The van der Waals surface area contributed by atoms with Crippen molar-refractivity contribution in [2.75, 3.05) is 0 Å². The molecule has 1 heterocycles. The number of nitrogens with zero attached hydrogens (tertiary/aromatic N) is 2. The van der Waals surface area contributed by atoms with Crippen molar-refractivity contribution in [3.05, 3.63) is 41.1 Å². The standard InChI is InChI=1S/C15H20N2O/c1-4-8-12-13(5-2)16-17(15(12)18)14-10-7-6-9-11(14)3/h6-7,9-10,18H,4-5,8H2,1-3H3. The van der Waals surface area contributed by atoms with E-state index >= 15 is 0 Å². The van der Waals surface area contributed by atoms with E-state index in [4.69, 9.17) is 0 Å². The number of aromatic hydroxyl groups is 1. The zero-order valence-corrected chi connectivity index (χ0v) is 11.3. The fourth-order valence-corrected chi connectivity index (χ4v) is 2.24. The lowest BCUT2D eigenvalue weighted by molar-refractivity contribution is 0.427. The number of hydrogen-bond donors (Lipinski definition) is 1. The van der Waals surface area contributed by atoms with E-state index in [0.29, 0.717) is 5.88 Å². The van der Waals surface area contributed by atoms with Crippen LogP contribution in [0.2, 0.25) is 0 Å². The molecule has 0 saturated heterocycles. The molecule has 0 saturated carbocycles. The van der Waals surface area contributed by atoms with Crippen molar-refractivity contribution < 1.29 is 5.11 Å². The van der Waals surface area contributed by atoms with E-state index in [0.717, 1.165) is 41.8 Å². The van der Waals surface area contributed by atoms with Crippen LogP contribution in [0, 0.1) is 6.92 Å². The molecule has 0 radical (unpaired) electrons. The highest BCUT2D eigenvalue weighted by molar-refractivity contribution is 5.45. The normalized spacial score (nSPS) is 10.8. The number of para-hydroxylation sites is 1. The second kappa shape index (κ2) is 5.25. The van der Waals surface area contributed by atoms with E-state index in [1.165, 1.54) is 0 Å². The Kier molecular flexibility index (Phi) is 3.70. The van der Waals surface area contributed by atoms with Crippen molar-refractivity contribution in [1.29, 1.82) is 0 Å². The first-order chi connectivity index (χ1) is 8.69. The Morgan fingerprint density at radius 2 is 1.94 bits per heavy atom. The molecule has 0 fully saturated rings. The molecular formula is C15H20N2O. The van der Waals surface area contributed by atoms with E-state index in [9.17, 15) is 5.11 Å². The van der Waals surface area contributed by atoms with Gasteiger partial charge < -0.3 is 5.11 Å². The zero-order valence-electron chi connectivity index (χ0n) is 11.3. The Balaban J connectivity index is 2.56. The van der Waals surface area contributed by atoms with Crippen LogP contribution in [0.3, 0.4) is 0 Å². The molecule has 0 bridgehead atoms. The lowest BCUT2D eigenvalue weighted by Gasteiger charge is -2.06. The van der Waals surface area contributed by atoms with Gasteiger partial charge in [0.25, 0.3) is 0 Å². The number of hydrogen-bond acceptors (Lipinski definition) is 2. The number of aryl methyl sites for hydroxylation is 2. The summed E-state index contributed by atoms with van der Waals surface area (Å²) in [7, 11) is 0. The Hall–Kier alpha value is -1.77. The summed E-state index contributed by atoms with van der Waals surface area (Å²) < 4.78 is 1.67. The van der Waals surface area contributed by atoms with Gasteiger partial charge in [-0.2, -0.15) is 5.10 Å². The van der Waals surface area contributed by atoms with E-state index < -0.39 is 0 Å². The minimum Gasteiger partial charge on any atom is -0.493 e. The van der Waals surface area contributed by atoms with Gasteiger partial charge >= 0.3 is 0 Å².